The van der Waals surface area contributed by atoms with Crippen molar-refractivity contribution in [2.24, 2.45) is 0 Å². The van der Waals surface area contributed by atoms with Crippen LogP contribution in [0.15, 0.2) is 17.6 Å². The lowest BCUT2D eigenvalue weighted by Gasteiger charge is -2.39. The van der Waals surface area contributed by atoms with E-state index in [2.05, 4.69) is 15.3 Å². The molecule has 2 rings (SSSR count). The number of nitrogens with zero attached hydrogens (tertiary/aromatic N) is 2. The van der Waals surface area contributed by atoms with E-state index in [1.165, 1.54) is 0 Å². The van der Waals surface area contributed by atoms with Gasteiger partial charge in [-0.25, -0.2) is 9.97 Å². The quantitative estimate of drug-likeness (QED) is 0.814. The third kappa shape index (κ3) is 4.17. The Kier molecular flexibility index (Phi) is 5.22. The summed E-state index contributed by atoms with van der Waals surface area (Å²) in [4.78, 5) is 20.4. The minimum Gasteiger partial charge on any atom is -0.480 e. The van der Waals surface area contributed by atoms with Gasteiger partial charge >= 0.3 is 5.97 Å². The first kappa shape index (κ1) is 16.2. The minimum absolute atomic E-state index is 0.153. The van der Waals surface area contributed by atoms with Crippen LogP contribution in [0.2, 0.25) is 0 Å². The van der Waals surface area contributed by atoms with Crippen molar-refractivity contribution in [1.82, 2.24) is 15.3 Å². The van der Waals surface area contributed by atoms with Crippen molar-refractivity contribution in [2.75, 3.05) is 0 Å². The Morgan fingerprint density at radius 3 is 2.71 bits per heavy atom. The lowest BCUT2D eigenvalue weighted by molar-refractivity contribution is -0.146. The Balaban J connectivity index is 2.08. The summed E-state index contributed by atoms with van der Waals surface area (Å²) in [5.74, 6) is -0.744. The van der Waals surface area contributed by atoms with Crippen LogP contribution in [0.1, 0.15) is 45.1 Å². The van der Waals surface area contributed by atoms with Crippen LogP contribution < -0.4 is 5.32 Å². The fourth-order valence-corrected chi connectivity index (χ4v) is 4.03. The first-order chi connectivity index (χ1) is 9.91. The summed E-state index contributed by atoms with van der Waals surface area (Å²) in [7, 11) is 0. The van der Waals surface area contributed by atoms with Gasteiger partial charge < -0.3 is 5.11 Å². The maximum absolute atomic E-state index is 11.8. The molecule has 1 aromatic heterocycles. The van der Waals surface area contributed by atoms with E-state index >= 15 is 0 Å². The average molecular weight is 309 g/mol. The van der Waals surface area contributed by atoms with Crippen molar-refractivity contribution >= 4 is 17.7 Å². The van der Waals surface area contributed by atoms with Crippen molar-refractivity contribution in [3.05, 3.63) is 18.0 Å². The lowest BCUT2D eigenvalue weighted by Crippen LogP contribution is -2.57. The van der Waals surface area contributed by atoms with E-state index in [0.717, 1.165) is 23.6 Å². The summed E-state index contributed by atoms with van der Waals surface area (Å²) in [6.07, 6.45) is 6.82. The van der Waals surface area contributed by atoms with Gasteiger partial charge in [0.05, 0.1) is 0 Å². The number of aliphatic carboxylic acids is 1. The van der Waals surface area contributed by atoms with Crippen LogP contribution in [0.3, 0.4) is 0 Å². The van der Waals surface area contributed by atoms with E-state index in [9.17, 15) is 9.90 Å². The summed E-state index contributed by atoms with van der Waals surface area (Å²) in [5.41, 5.74) is 0.221. The van der Waals surface area contributed by atoms with E-state index in [1.54, 1.807) is 24.2 Å². The number of carboxylic acid groups (broad SMARTS) is 1. The van der Waals surface area contributed by atoms with Gasteiger partial charge in [0.1, 0.15) is 5.54 Å². The number of aromatic nitrogens is 2. The molecule has 0 saturated heterocycles. The number of rotatable bonds is 5. The summed E-state index contributed by atoms with van der Waals surface area (Å²) >= 11 is 1.59. The first-order valence-corrected chi connectivity index (χ1v) is 8.26. The second-order valence-corrected chi connectivity index (χ2v) is 7.33. The topological polar surface area (TPSA) is 75.1 Å². The molecule has 2 N–H and O–H groups in total. The molecule has 1 heterocycles. The molecule has 5 nitrogen and oxygen atoms in total. The monoisotopic (exact) mass is 309 g/mol. The normalized spacial score (nSPS) is 26.0. The van der Waals surface area contributed by atoms with Crippen LogP contribution in [0.25, 0.3) is 0 Å². The molecular weight excluding hydrogens is 286 g/mol. The van der Waals surface area contributed by atoms with Crippen LogP contribution >= 0.6 is 11.8 Å². The highest BCUT2D eigenvalue weighted by Gasteiger charge is 2.43. The summed E-state index contributed by atoms with van der Waals surface area (Å²) in [6, 6.07) is 0.153. The molecule has 1 aliphatic carbocycles. The number of thioether (sulfide) groups is 1. The molecule has 6 heteroatoms. The van der Waals surface area contributed by atoms with Crippen molar-refractivity contribution in [1.29, 1.82) is 0 Å². The van der Waals surface area contributed by atoms with E-state index in [0.29, 0.717) is 12.8 Å². The molecule has 0 aromatic carbocycles. The van der Waals surface area contributed by atoms with Crippen LogP contribution in [0.5, 0.6) is 0 Å². The number of nitrogens with one attached hydrogen (secondary N) is 1. The Labute approximate surface area is 130 Å². The molecule has 1 aromatic rings. The van der Waals surface area contributed by atoms with E-state index < -0.39 is 11.5 Å². The van der Waals surface area contributed by atoms with Crippen molar-refractivity contribution in [3.63, 3.8) is 0 Å². The third-order valence-corrected chi connectivity index (χ3v) is 4.87. The molecule has 0 bridgehead atoms. The van der Waals surface area contributed by atoms with Gasteiger partial charge in [0.25, 0.3) is 0 Å². The highest BCUT2D eigenvalue weighted by molar-refractivity contribution is 7.99. The van der Waals surface area contributed by atoms with Crippen molar-refractivity contribution in [2.45, 2.75) is 68.4 Å². The van der Waals surface area contributed by atoms with Gasteiger partial charge in [0, 0.05) is 23.7 Å². The maximum Gasteiger partial charge on any atom is 0.323 e. The Morgan fingerprint density at radius 1 is 1.48 bits per heavy atom. The Morgan fingerprint density at radius 2 is 2.14 bits per heavy atom. The van der Waals surface area contributed by atoms with Crippen LogP contribution in [0.4, 0.5) is 0 Å². The number of hydrogen-bond acceptors (Lipinski definition) is 5. The molecule has 0 spiro atoms. The number of carbonyl (C=O) groups is 1. The van der Waals surface area contributed by atoms with Crippen LogP contribution in [0, 0.1) is 6.92 Å². The highest BCUT2D eigenvalue weighted by Crippen LogP contribution is 2.37. The molecule has 1 aliphatic rings. The Hall–Kier alpha value is -1.14. The molecule has 116 valence electrons. The fraction of sp³-hybridized carbons (Fsp3) is 0.667. The fourth-order valence-electron chi connectivity index (χ4n) is 2.86. The molecule has 21 heavy (non-hydrogen) atoms. The van der Waals surface area contributed by atoms with E-state index in [1.807, 2.05) is 20.8 Å². The molecule has 0 radical (unpaired) electrons. The number of hydrogen-bond donors (Lipinski definition) is 2. The number of aryl methyl sites for hydroxylation is 1. The first-order valence-electron chi connectivity index (χ1n) is 7.38. The SMILES string of the molecule is Cc1cnc(SC2CCCC(NC(C)C)(C(=O)O)C2)nc1. The third-order valence-electron chi connectivity index (χ3n) is 3.71. The average Bonchev–Trinajstić information content (AvgIpc) is 2.41. The standard InChI is InChI=1S/C15H23N3O2S/c1-10(2)18-15(13(19)20)6-4-5-12(7-15)21-14-16-8-11(3)9-17-14/h8-10,12,18H,4-7H2,1-3H3,(H,19,20). The second-order valence-electron chi connectivity index (χ2n) is 6.07. The zero-order valence-electron chi connectivity index (χ0n) is 12.8. The molecule has 0 aliphatic heterocycles. The van der Waals surface area contributed by atoms with Gasteiger partial charge in [0.15, 0.2) is 5.16 Å². The predicted octanol–water partition coefficient (Wildman–Crippen LogP) is 2.64. The minimum atomic E-state index is -0.811. The summed E-state index contributed by atoms with van der Waals surface area (Å²) < 4.78 is 0. The van der Waals surface area contributed by atoms with Gasteiger partial charge in [0.2, 0.25) is 0 Å². The van der Waals surface area contributed by atoms with Gasteiger partial charge in [-0.2, -0.15) is 0 Å². The lowest BCUT2D eigenvalue weighted by atomic mass is 9.81. The number of carboxylic acids is 1. The van der Waals surface area contributed by atoms with Gasteiger partial charge in [-0.15, -0.1) is 0 Å². The predicted molar refractivity (Wildman–Crippen MR) is 83.5 cm³/mol. The van der Waals surface area contributed by atoms with Gasteiger partial charge in [-0.3, -0.25) is 10.1 Å². The van der Waals surface area contributed by atoms with Crippen LogP contribution in [-0.2, 0) is 4.79 Å². The highest BCUT2D eigenvalue weighted by atomic mass is 32.2. The zero-order chi connectivity index (χ0) is 15.5. The zero-order valence-corrected chi connectivity index (χ0v) is 13.6. The van der Waals surface area contributed by atoms with Crippen molar-refractivity contribution in [3.8, 4) is 0 Å². The molecule has 2 unspecified atom stereocenters. The van der Waals surface area contributed by atoms with E-state index in [4.69, 9.17) is 0 Å². The van der Waals surface area contributed by atoms with Gasteiger partial charge in [-0.1, -0.05) is 11.8 Å². The smallest absolute Gasteiger partial charge is 0.323 e. The molecule has 2 atom stereocenters. The van der Waals surface area contributed by atoms with E-state index in [-0.39, 0.29) is 11.3 Å². The molecule has 1 saturated carbocycles. The van der Waals surface area contributed by atoms with Crippen LogP contribution in [-0.4, -0.2) is 37.9 Å². The molecule has 0 amide bonds. The summed E-state index contributed by atoms with van der Waals surface area (Å²) in [5, 5.41) is 13.9. The molecule has 1 fully saturated rings. The van der Waals surface area contributed by atoms with Crippen molar-refractivity contribution < 1.29 is 9.90 Å². The summed E-state index contributed by atoms with van der Waals surface area (Å²) in [6.45, 7) is 5.94. The van der Waals surface area contributed by atoms with Gasteiger partial charge in [-0.05, 0) is 52.0 Å². The largest absolute Gasteiger partial charge is 0.480 e. The second kappa shape index (κ2) is 6.75. The maximum atomic E-state index is 11.8. The Bertz CT molecular complexity index is 492. The molecular formula is C15H23N3O2S.